The summed E-state index contributed by atoms with van der Waals surface area (Å²) >= 11 is 3.52. The lowest BCUT2D eigenvalue weighted by Gasteiger charge is -2.24. The van der Waals surface area contributed by atoms with Crippen LogP contribution in [0.5, 0.6) is 5.75 Å². The summed E-state index contributed by atoms with van der Waals surface area (Å²) in [5.41, 5.74) is 1.65. The molecule has 2 atom stereocenters. The smallest absolute Gasteiger partial charge is 0.233 e. The zero-order valence-corrected chi connectivity index (χ0v) is 20.3. The number of halogens is 1. The fourth-order valence-corrected chi connectivity index (χ4v) is 4.39. The molecule has 0 aliphatic heterocycles. The third-order valence-corrected chi connectivity index (χ3v) is 6.14. The van der Waals surface area contributed by atoms with E-state index in [1.54, 1.807) is 18.5 Å². The Morgan fingerprint density at radius 2 is 2.16 bits per heavy atom. The van der Waals surface area contributed by atoms with Crippen molar-refractivity contribution in [2.75, 3.05) is 5.32 Å². The molecule has 0 radical (unpaired) electrons. The molecule has 1 fully saturated rings. The number of aromatic nitrogens is 4. The normalized spacial score (nSPS) is 18.7. The Balaban J connectivity index is 1.47. The number of ether oxygens (including phenoxy) is 1. The maximum absolute atomic E-state index is 12.5. The van der Waals surface area contributed by atoms with E-state index in [1.165, 1.54) is 0 Å². The minimum atomic E-state index is -0.217. The van der Waals surface area contributed by atoms with Crippen molar-refractivity contribution < 1.29 is 14.1 Å². The van der Waals surface area contributed by atoms with Crippen LogP contribution in [0.15, 0.2) is 39.6 Å². The summed E-state index contributed by atoms with van der Waals surface area (Å²) in [7, 11) is 0. The molecule has 1 saturated carbocycles. The number of hydrogen-bond donors (Lipinski definition) is 1. The van der Waals surface area contributed by atoms with E-state index in [0.29, 0.717) is 17.5 Å². The maximum Gasteiger partial charge on any atom is 0.233 e. The largest absolute Gasteiger partial charge is 0.488 e. The molecule has 2 unspecified atom stereocenters. The molecule has 0 bridgehead atoms. The number of nitrogens with one attached hydrogen (secondary N) is 1. The van der Waals surface area contributed by atoms with Crippen molar-refractivity contribution in [1.82, 2.24) is 19.9 Å². The van der Waals surface area contributed by atoms with E-state index in [9.17, 15) is 4.79 Å². The third kappa shape index (κ3) is 5.20. The summed E-state index contributed by atoms with van der Waals surface area (Å²) < 4.78 is 14.3. The molecular formula is C23H28BrN5O3. The van der Waals surface area contributed by atoms with Gasteiger partial charge < -0.3 is 14.6 Å². The summed E-state index contributed by atoms with van der Waals surface area (Å²) in [4.78, 5) is 16.6. The molecule has 32 heavy (non-hydrogen) atoms. The monoisotopic (exact) mass is 501 g/mol. The van der Waals surface area contributed by atoms with Crippen LogP contribution < -0.4 is 10.1 Å². The highest BCUT2D eigenvalue weighted by atomic mass is 79.9. The van der Waals surface area contributed by atoms with E-state index in [2.05, 4.69) is 52.2 Å². The number of nitrogens with zero attached hydrogens (tertiary/aromatic N) is 4. The highest BCUT2D eigenvalue weighted by Gasteiger charge is 2.33. The molecule has 3 aromatic rings. The Bertz CT molecular complexity index is 1100. The standard InChI is InChI=1S/C23H28BrN5O3/c1-14-9-17(32-28-14)11-22(30)26-21-12-19(29(27-21)23(2,3)4)15-5-6-16(10-15)31-20-13-25-8-7-18(20)24/h7-9,12-13,15-16H,5-6,10-11H2,1-4H3,(H,26,27,30). The average molecular weight is 502 g/mol. The van der Waals surface area contributed by atoms with Crippen LogP contribution in [-0.2, 0) is 16.8 Å². The van der Waals surface area contributed by atoms with Crippen molar-refractivity contribution in [3.63, 3.8) is 0 Å². The van der Waals surface area contributed by atoms with Crippen molar-refractivity contribution in [1.29, 1.82) is 0 Å². The van der Waals surface area contributed by atoms with E-state index in [4.69, 9.17) is 14.4 Å². The highest BCUT2D eigenvalue weighted by Crippen LogP contribution is 2.39. The van der Waals surface area contributed by atoms with Crippen LogP contribution in [-0.4, -0.2) is 31.9 Å². The van der Waals surface area contributed by atoms with Gasteiger partial charge in [0.1, 0.15) is 5.76 Å². The zero-order chi connectivity index (χ0) is 22.9. The minimum Gasteiger partial charge on any atom is -0.488 e. The Hall–Kier alpha value is -2.68. The van der Waals surface area contributed by atoms with Crippen LogP contribution in [0.3, 0.4) is 0 Å². The van der Waals surface area contributed by atoms with Gasteiger partial charge in [-0.3, -0.25) is 14.5 Å². The Morgan fingerprint density at radius 1 is 1.34 bits per heavy atom. The van der Waals surface area contributed by atoms with Gasteiger partial charge in [0.2, 0.25) is 5.91 Å². The molecule has 0 saturated heterocycles. The first kappa shape index (κ1) is 22.5. The van der Waals surface area contributed by atoms with Crippen LogP contribution >= 0.6 is 15.9 Å². The third-order valence-electron chi connectivity index (χ3n) is 5.48. The summed E-state index contributed by atoms with van der Waals surface area (Å²) in [6.45, 7) is 8.17. The first-order valence-electron chi connectivity index (χ1n) is 10.8. The summed E-state index contributed by atoms with van der Waals surface area (Å²) in [5, 5.41) is 11.5. The fraction of sp³-hybridized carbons (Fsp3) is 0.478. The van der Waals surface area contributed by atoms with Gasteiger partial charge in [0, 0.05) is 29.9 Å². The predicted octanol–water partition coefficient (Wildman–Crippen LogP) is 4.99. The fourth-order valence-electron chi connectivity index (χ4n) is 4.07. The number of anilines is 1. The number of carbonyl (C=O) groups is 1. The molecule has 0 spiro atoms. The lowest BCUT2D eigenvalue weighted by atomic mass is 10.0. The van der Waals surface area contributed by atoms with Gasteiger partial charge in [0.05, 0.1) is 34.4 Å². The molecule has 1 aliphatic rings. The second kappa shape index (κ2) is 9.05. The van der Waals surface area contributed by atoms with Crippen molar-refractivity contribution >= 4 is 27.7 Å². The Morgan fingerprint density at radius 3 is 2.84 bits per heavy atom. The minimum absolute atomic E-state index is 0.108. The Kier molecular flexibility index (Phi) is 6.37. The molecule has 1 aliphatic carbocycles. The summed E-state index contributed by atoms with van der Waals surface area (Å²) in [6.07, 6.45) is 6.53. The Labute approximate surface area is 195 Å². The van der Waals surface area contributed by atoms with Gasteiger partial charge in [-0.05, 0) is 69.0 Å². The number of amides is 1. The van der Waals surface area contributed by atoms with Crippen LogP contribution in [0.1, 0.15) is 63.1 Å². The molecule has 4 rings (SSSR count). The molecule has 3 aromatic heterocycles. The molecule has 1 N–H and O–H groups in total. The molecule has 8 nitrogen and oxygen atoms in total. The molecule has 9 heteroatoms. The van der Waals surface area contributed by atoms with E-state index < -0.39 is 0 Å². The van der Waals surface area contributed by atoms with E-state index in [0.717, 1.165) is 40.9 Å². The topological polar surface area (TPSA) is 95.1 Å². The summed E-state index contributed by atoms with van der Waals surface area (Å²) in [5.74, 6) is 1.96. The van der Waals surface area contributed by atoms with Crippen molar-refractivity contribution in [2.24, 2.45) is 0 Å². The number of carbonyl (C=O) groups excluding carboxylic acids is 1. The molecule has 3 heterocycles. The second-order valence-electron chi connectivity index (χ2n) is 9.25. The molecule has 0 aromatic carbocycles. The van der Waals surface area contributed by atoms with Gasteiger partial charge in [-0.25, -0.2) is 0 Å². The van der Waals surface area contributed by atoms with Gasteiger partial charge >= 0.3 is 0 Å². The number of hydrogen-bond acceptors (Lipinski definition) is 6. The maximum atomic E-state index is 12.5. The van der Waals surface area contributed by atoms with Crippen LogP contribution in [0.25, 0.3) is 0 Å². The SMILES string of the molecule is Cc1cc(CC(=O)Nc2cc(C3CCC(Oc4cnccc4Br)C3)n(C(C)(C)C)n2)on1. The van der Waals surface area contributed by atoms with Gasteiger partial charge in [-0.1, -0.05) is 5.16 Å². The summed E-state index contributed by atoms with van der Waals surface area (Å²) in [6, 6.07) is 5.63. The quantitative estimate of drug-likeness (QED) is 0.511. The number of aryl methyl sites for hydroxylation is 1. The van der Waals surface area contributed by atoms with Crippen molar-refractivity contribution in [3.05, 3.63) is 52.2 Å². The van der Waals surface area contributed by atoms with Gasteiger partial charge in [-0.15, -0.1) is 0 Å². The van der Waals surface area contributed by atoms with Crippen molar-refractivity contribution in [3.8, 4) is 5.75 Å². The van der Waals surface area contributed by atoms with Gasteiger partial charge in [0.25, 0.3) is 0 Å². The van der Waals surface area contributed by atoms with Crippen LogP contribution in [0.4, 0.5) is 5.82 Å². The van der Waals surface area contributed by atoms with Crippen LogP contribution in [0, 0.1) is 6.92 Å². The zero-order valence-electron chi connectivity index (χ0n) is 18.8. The predicted molar refractivity (Wildman–Crippen MR) is 124 cm³/mol. The lowest BCUT2D eigenvalue weighted by Crippen LogP contribution is -2.26. The van der Waals surface area contributed by atoms with Crippen LogP contribution in [0.2, 0.25) is 0 Å². The number of rotatable bonds is 6. The first-order chi connectivity index (χ1) is 15.2. The van der Waals surface area contributed by atoms with E-state index in [-0.39, 0.29) is 24.0 Å². The van der Waals surface area contributed by atoms with Gasteiger partial charge in [0.15, 0.2) is 11.6 Å². The van der Waals surface area contributed by atoms with E-state index in [1.807, 2.05) is 23.7 Å². The second-order valence-corrected chi connectivity index (χ2v) is 10.1. The molecular weight excluding hydrogens is 474 g/mol. The highest BCUT2D eigenvalue weighted by molar-refractivity contribution is 9.10. The number of pyridine rings is 1. The molecule has 170 valence electrons. The average Bonchev–Trinajstić information content (AvgIpc) is 3.43. The first-order valence-corrected chi connectivity index (χ1v) is 11.6. The van der Waals surface area contributed by atoms with E-state index >= 15 is 0 Å². The lowest BCUT2D eigenvalue weighted by molar-refractivity contribution is -0.115. The molecule has 1 amide bonds. The van der Waals surface area contributed by atoms with Gasteiger partial charge in [-0.2, -0.15) is 5.10 Å². The van der Waals surface area contributed by atoms with Crippen molar-refractivity contribution in [2.45, 2.75) is 70.9 Å².